The number of benzene rings is 2. The molecule has 0 heterocycles. The molecular formula is C16H15F3N2O3. The molecule has 2 aromatic rings. The highest BCUT2D eigenvalue weighted by molar-refractivity contribution is 5.57. The first kappa shape index (κ1) is 17.6. The summed E-state index contributed by atoms with van der Waals surface area (Å²) in [5, 5.41) is 13.2. The average Bonchev–Trinajstić information content (AvgIpc) is 2.52. The van der Waals surface area contributed by atoms with Gasteiger partial charge < -0.3 is 10.1 Å². The van der Waals surface area contributed by atoms with Crippen LogP contribution < -0.4 is 10.1 Å². The van der Waals surface area contributed by atoms with Gasteiger partial charge >= 0.3 is 6.18 Å². The summed E-state index contributed by atoms with van der Waals surface area (Å²) in [5.41, 5.74) is -0.984. The van der Waals surface area contributed by atoms with Gasteiger partial charge in [0, 0.05) is 24.4 Å². The van der Waals surface area contributed by atoms with Gasteiger partial charge in [-0.05, 0) is 24.6 Å². The molecule has 0 aromatic heterocycles. The van der Waals surface area contributed by atoms with E-state index < -0.39 is 22.4 Å². The molecule has 0 aliphatic carbocycles. The van der Waals surface area contributed by atoms with E-state index in [0.29, 0.717) is 11.8 Å². The van der Waals surface area contributed by atoms with Crippen LogP contribution in [0.1, 0.15) is 11.1 Å². The van der Waals surface area contributed by atoms with Crippen LogP contribution in [0.15, 0.2) is 42.5 Å². The standard InChI is InChI=1S/C16H15F3N2O3/c1-11-4-2-3-5-15(11)24-9-8-20-14-7-6-12(21(22)23)10-13(14)16(17,18)19/h2-7,10,20H,8-9H2,1H3. The highest BCUT2D eigenvalue weighted by atomic mass is 19.4. The number of non-ortho nitro benzene ring substituents is 1. The number of nitro groups is 1. The maximum absolute atomic E-state index is 13.0. The first-order chi connectivity index (χ1) is 11.3. The number of aryl methyl sites for hydroxylation is 1. The van der Waals surface area contributed by atoms with E-state index in [4.69, 9.17) is 4.74 Å². The molecule has 0 saturated heterocycles. The normalized spacial score (nSPS) is 11.2. The van der Waals surface area contributed by atoms with Crippen molar-refractivity contribution in [2.45, 2.75) is 13.1 Å². The van der Waals surface area contributed by atoms with E-state index in [1.165, 1.54) is 0 Å². The summed E-state index contributed by atoms with van der Waals surface area (Å²) in [6.07, 6.45) is -4.69. The molecule has 0 amide bonds. The van der Waals surface area contributed by atoms with Crippen LogP contribution in [0.4, 0.5) is 24.5 Å². The maximum Gasteiger partial charge on any atom is 0.418 e. The quantitative estimate of drug-likeness (QED) is 0.480. The van der Waals surface area contributed by atoms with Crippen LogP contribution in [-0.4, -0.2) is 18.1 Å². The fraction of sp³-hybridized carbons (Fsp3) is 0.250. The first-order valence-corrected chi connectivity index (χ1v) is 7.07. The van der Waals surface area contributed by atoms with E-state index in [0.717, 1.165) is 17.7 Å². The van der Waals surface area contributed by atoms with Crippen molar-refractivity contribution >= 4 is 11.4 Å². The van der Waals surface area contributed by atoms with Gasteiger partial charge in [0.1, 0.15) is 12.4 Å². The predicted molar refractivity (Wildman–Crippen MR) is 83.3 cm³/mol. The van der Waals surface area contributed by atoms with E-state index >= 15 is 0 Å². The molecule has 24 heavy (non-hydrogen) atoms. The first-order valence-electron chi connectivity index (χ1n) is 7.07. The number of nitrogens with zero attached hydrogens (tertiary/aromatic N) is 1. The number of rotatable bonds is 6. The fourth-order valence-electron chi connectivity index (χ4n) is 2.10. The summed E-state index contributed by atoms with van der Waals surface area (Å²) in [5.74, 6) is 0.652. The molecule has 0 unspecified atom stereocenters. The van der Waals surface area contributed by atoms with Gasteiger partial charge in [0.25, 0.3) is 5.69 Å². The van der Waals surface area contributed by atoms with Crippen LogP contribution in [-0.2, 0) is 6.18 Å². The third kappa shape index (κ3) is 4.37. The zero-order valence-corrected chi connectivity index (χ0v) is 12.8. The number of alkyl halides is 3. The molecule has 0 saturated carbocycles. The van der Waals surface area contributed by atoms with Gasteiger partial charge in [0.05, 0.1) is 10.5 Å². The molecule has 0 atom stereocenters. The lowest BCUT2D eigenvalue weighted by atomic mass is 10.1. The van der Waals surface area contributed by atoms with Crippen molar-refractivity contribution < 1.29 is 22.8 Å². The van der Waals surface area contributed by atoms with Crippen molar-refractivity contribution in [1.82, 2.24) is 0 Å². The summed E-state index contributed by atoms with van der Waals surface area (Å²) in [7, 11) is 0. The smallest absolute Gasteiger partial charge is 0.418 e. The Hall–Kier alpha value is -2.77. The molecule has 5 nitrogen and oxygen atoms in total. The lowest BCUT2D eigenvalue weighted by molar-refractivity contribution is -0.385. The van der Waals surface area contributed by atoms with Crippen molar-refractivity contribution in [2.24, 2.45) is 0 Å². The van der Waals surface area contributed by atoms with Gasteiger partial charge in [-0.15, -0.1) is 0 Å². The highest BCUT2D eigenvalue weighted by Gasteiger charge is 2.35. The van der Waals surface area contributed by atoms with Crippen molar-refractivity contribution in [3.8, 4) is 5.75 Å². The number of halogens is 3. The number of nitro benzene ring substituents is 1. The zero-order chi connectivity index (χ0) is 17.7. The third-order valence-corrected chi connectivity index (χ3v) is 3.29. The Kier molecular flexibility index (Phi) is 5.28. The topological polar surface area (TPSA) is 64.4 Å². The summed E-state index contributed by atoms with van der Waals surface area (Å²) in [6.45, 7) is 2.13. The molecule has 0 radical (unpaired) electrons. The van der Waals surface area contributed by atoms with Crippen LogP contribution in [0.5, 0.6) is 5.75 Å². The Bertz CT molecular complexity index is 733. The molecule has 0 spiro atoms. The minimum absolute atomic E-state index is 0.120. The van der Waals surface area contributed by atoms with Gasteiger partial charge in [-0.3, -0.25) is 10.1 Å². The van der Waals surface area contributed by atoms with Crippen LogP contribution in [0.2, 0.25) is 0 Å². The number of hydrogen-bond acceptors (Lipinski definition) is 4. The maximum atomic E-state index is 13.0. The van der Waals surface area contributed by atoms with Crippen molar-refractivity contribution in [1.29, 1.82) is 0 Å². The minimum Gasteiger partial charge on any atom is -0.491 e. The molecule has 1 N–H and O–H groups in total. The second-order valence-corrected chi connectivity index (χ2v) is 5.03. The van der Waals surface area contributed by atoms with Crippen LogP contribution >= 0.6 is 0 Å². The summed E-state index contributed by atoms with van der Waals surface area (Å²) >= 11 is 0. The SMILES string of the molecule is Cc1ccccc1OCCNc1ccc([N+](=O)[O-])cc1C(F)(F)F. The van der Waals surface area contributed by atoms with E-state index in [2.05, 4.69) is 5.32 Å². The molecular weight excluding hydrogens is 325 g/mol. The van der Waals surface area contributed by atoms with E-state index in [9.17, 15) is 23.3 Å². The Morgan fingerprint density at radius 3 is 2.54 bits per heavy atom. The Morgan fingerprint density at radius 2 is 1.92 bits per heavy atom. The minimum atomic E-state index is -4.69. The molecule has 0 fully saturated rings. The third-order valence-electron chi connectivity index (χ3n) is 3.29. The van der Waals surface area contributed by atoms with Gasteiger partial charge in [-0.2, -0.15) is 13.2 Å². The largest absolute Gasteiger partial charge is 0.491 e. The molecule has 2 aromatic carbocycles. The Labute approximate surface area is 136 Å². The number of hydrogen-bond donors (Lipinski definition) is 1. The zero-order valence-electron chi connectivity index (χ0n) is 12.8. The second kappa shape index (κ2) is 7.20. The van der Waals surface area contributed by atoms with E-state index in [1.807, 2.05) is 19.1 Å². The van der Waals surface area contributed by atoms with Crippen molar-refractivity contribution in [3.63, 3.8) is 0 Å². The van der Waals surface area contributed by atoms with Gasteiger partial charge in [0.15, 0.2) is 0 Å². The number of para-hydroxylation sites is 1. The van der Waals surface area contributed by atoms with E-state index in [1.54, 1.807) is 12.1 Å². The number of ether oxygens (including phenoxy) is 1. The van der Waals surface area contributed by atoms with Crippen LogP contribution in [0.3, 0.4) is 0 Å². The molecule has 8 heteroatoms. The van der Waals surface area contributed by atoms with Crippen LogP contribution in [0, 0.1) is 17.0 Å². The second-order valence-electron chi connectivity index (χ2n) is 5.03. The molecule has 128 valence electrons. The fourth-order valence-corrected chi connectivity index (χ4v) is 2.10. The summed E-state index contributed by atoms with van der Waals surface area (Å²) in [6, 6.07) is 9.88. The van der Waals surface area contributed by atoms with Crippen molar-refractivity contribution in [2.75, 3.05) is 18.5 Å². The predicted octanol–water partition coefficient (Wildman–Crippen LogP) is 4.41. The van der Waals surface area contributed by atoms with E-state index in [-0.39, 0.29) is 18.8 Å². The lowest BCUT2D eigenvalue weighted by Gasteiger charge is -2.15. The van der Waals surface area contributed by atoms with Gasteiger partial charge in [-0.25, -0.2) is 0 Å². The highest BCUT2D eigenvalue weighted by Crippen LogP contribution is 2.37. The number of anilines is 1. The Morgan fingerprint density at radius 1 is 1.21 bits per heavy atom. The average molecular weight is 340 g/mol. The van der Waals surface area contributed by atoms with Gasteiger partial charge in [0.2, 0.25) is 0 Å². The summed E-state index contributed by atoms with van der Waals surface area (Å²) < 4.78 is 44.6. The molecule has 0 bridgehead atoms. The molecule has 0 aliphatic rings. The van der Waals surface area contributed by atoms with Crippen molar-refractivity contribution in [3.05, 3.63) is 63.7 Å². The van der Waals surface area contributed by atoms with Crippen LogP contribution in [0.25, 0.3) is 0 Å². The molecule has 2 rings (SSSR count). The Balaban J connectivity index is 2.04. The summed E-state index contributed by atoms with van der Waals surface area (Å²) in [4.78, 5) is 9.78. The van der Waals surface area contributed by atoms with Gasteiger partial charge in [-0.1, -0.05) is 18.2 Å². The molecule has 0 aliphatic heterocycles. The monoisotopic (exact) mass is 340 g/mol. The number of nitrogens with one attached hydrogen (secondary N) is 1. The lowest BCUT2D eigenvalue weighted by Crippen LogP contribution is -2.16.